The van der Waals surface area contributed by atoms with Gasteiger partial charge in [0, 0.05) is 50.6 Å². The standard InChI is InChI=1S/C18H26N4O/c23-18-14-15-13-16(21-9-5-19-6-10-21)3-4-17(15)22(18)12-11-20-7-1-2-8-20/h3-4,13,19H,1-2,5-12,14H2. The lowest BCUT2D eigenvalue weighted by atomic mass is 10.1. The van der Waals surface area contributed by atoms with E-state index in [1.165, 1.54) is 37.2 Å². The van der Waals surface area contributed by atoms with Gasteiger partial charge >= 0.3 is 0 Å². The molecule has 1 amide bonds. The van der Waals surface area contributed by atoms with Gasteiger partial charge in [0.05, 0.1) is 6.42 Å². The van der Waals surface area contributed by atoms with Crippen LogP contribution in [0.25, 0.3) is 0 Å². The highest BCUT2D eigenvalue weighted by Crippen LogP contribution is 2.32. The Morgan fingerprint density at radius 2 is 1.78 bits per heavy atom. The molecule has 0 saturated carbocycles. The van der Waals surface area contributed by atoms with Gasteiger partial charge in [-0.05, 0) is 49.7 Å². The van der Waals surface area contributed by atoms with Crippen LogP contribution < -0.4 is 15.1 Å². The van der Waals surface area contributed by atoms with Crippen LogP contribution in [0.15, 0.2) is 18.2 Å². The quantitative estimate of drug-likeness (QED) is 0.903. The molecular formula is C18H26N4O. The zero-order valence-electron chi connectivity index (χ0n) is 13.8. The molecule has 3 aliphatic rings. The first-order valence-electron chi connectivity index (χ1n) is 8.92. The summed E-state index contributed by atoms with van der Waals surface area (Å²) in [5.74, 6) is 0.261. The van der Waals surface area contributed by atoms with E-state index in [9.17, 15) is 4.79 Å². The third kappa shape index (κ3) is 3.08. The summed E-state index contributed by atoms with van der Waals surface area (Å²) in [6.45, 7) is 8.39. The summed E-state index contributed by atoms with van der Waals surface area (Å²) in [7, 11) is 0. The number of hydrogen-bond acceptors (Lipinski definition) is 4. The van der Waals surface area contributed by atoms with Crippen LogP contribution in [0, 0.1) is 0 Å². The van der Waals surface area contributed by atoms with Gasteiger partial charge < -0.3 is 20.0 Å². The van der Waals surface area contributed by atoms with Crippen LogP contribution in [0.5, 0.6) is 0 Å². The second-order valence-corrected chi connectivity index (χ2v) is 6.82. The molecule has 1 N–H and O–H groups in total. The molecule has 0 radical (unpaired) electrons. The van der Waals surface area contributed by atoms with Crippen LogP contribution in [0.1, 0.15) is 18.4 Å². The van der Waals surface area contributed by atoms with Crippen LogP contribution in [0.4, 0.5) is 11.4 Å². The lowest BCUT2D eigenvalue weighted by Gasteiger charge is -2.30. The van der Waals surface area contributed by atoms with Crippen LogP contribution in [0.2, 0.25) is 0 Å². The van der Waals surface area contributed by atoms with Crippen LogP contribution in [0.3, 0.4) is 0 Å². The Bertz CT molecular complexity index is 576. The fraction of sp³-hybridized carbons (Fsp3) is 0.611. The summed E-state index contributed by atoms with van der Waals surface area (Å²) in [5.41, 5.74) is 3.60. The van der Waals surface area contributed by atoms with Gasteiger partial charge in [-0.3, -0.25) is 4.79 Å². The molecule has 2 fully saturated rings. The van der Waals surface area contributed by atoms with Crippen molar-refractivity contribution in [3.05, 3.63) is 23.8 Å². The van der Waals surface area contributed by atoms with Crippen LogP contribution in [-0.4, -0.2) is 63.2 Å². The second-order valence-electron chi connectivity index (χ2n) is 6.82. The Morgan fingerprint density at radius 1 is 1.00 bits per heavy atom. The molecule has 5 nitrogen and oxygen atoms in total. The summed E-state index contributed by atoms with van der Waals surface area (Å²) in [6, 6.07) is 6.57. The number of carbonyl (C=O) groups is 1. The largest absolute Gasteiger partial charge is 0.369 e. The zero-order valence-corrected chi connectivity index (χ0v) is 13.8. The highest BCUT2D eigenvalue weighted by atomic mass is 16.2. The molecule has 23 heavy (non-hydrogen) atoms. The van der Waals surface area contributed by atoms with Gasteiger partial charge in [0.2, 0.25) is 5.91 Å². The minimum absolute atomic E-state index is 0.261. The molecule has 3 aliphatic heterocycles. The van der Waals surface area contributed by atoms with E-state index in [4.69, 9.17) is 0 Å². The van der Waals surface area contributed by atoms with E-state index in [0.717, 1.165) is 45.0 Å². The van der Waals surface area contributed by atoms with Gasteiger partial charge in [0.1, 0.15) is 0 Å². The molecule has 0 spiro atoms. The van der Waals surface area contributed by atoms with Crippen LogP contribution >= 0.6 is 0 Å². The number of anilines is 2. The summed E-state index contributed by atoms with van der Waals surface area (Å²) < 4.78 is 0. The van der Waals surface area contributed by atoms with Crippen molar-refractivity contribution < 1.29 is 4.79 Å². The fourth-order valence-electron chi connectivity index (χ4n) is 3.98. The molecule has 3 heterocycles. The third-order valence-electron chi connectivity index (χ3n) is 5.32. The normalized spacial score (nSPS) is 22.0. The number of likely N-dealkylation sites (tertiary alicyclic amines) is 1. The average molecular weight is 314 g/mol. The van der Waals surface area contributed by atoms with Gasteiger partial charge in [-0.15, -0.1) is 0 Å². The lowest BCUT2D eigenvalue weighted by Crippen LogP contribution is -2.43. The SMILES string of the molecule is O=C1Cc2cc(N3CCNCC3)ccc2N1CCN1CCCC1. The third-order valence-corrected chi connectivity index (χ3v) is 5.32. The maximum Gasteiger partial charge on any atom is 0.231 e. The Hall–Kier alpha value is -1.59. The van der Waals surface area contributed by atoms with Crippen LogP contribution in [-0.2, 0) is 11.2 Å². The Kier molecular flexibility index (Phi) is 4.23. The molecule has 124 valence electrons. The van der Waals surface area contributed by atoms with Gasteiger partial charge in [-0.25, -0.2) is 0 Å². The number of carbonyl (C=O) groups excluding carboxylic acids is 1. The lowest BCUT2D eigenvalue weighted by molar-refractivity contribution is -0.117. The van der Waals surface area contributed by atoms with Crippen molar-refractivity contribution in [2.45, 2.75) is 19.3 Å². The summed E-state index contributed by atoms with van der Waals surface area (Å²) >= 11 is 0. The molecule has 5 heteroatoms. The number of rotatable bonds is 4. The number of benzene rings is 1. The van der Waals surface area contributed by atoms with E-state index in [-0.39, 0.29) is 5.91 Å². The molecule has 1 aromatic carbocycles. The minimum atomic E-state index is 0.261. The number of piperazine rings is 1. The molecule has 4 rings (SSSR count). The Labute approximate surface area is 138 Å². The first-order valence-corrected chi connectivity index (χ1v) is 8.92. The molecule has 1 aromatic rings. The number of nitrogens with zero attached hydrogens (tertiary/aromatic N) is 3. The molecule has 0 bridgehead atoms. The van der Waals surface area contributed by atoms with E-state index < -0.39 is 0 Å². The number of amides is 1. The molecule has 0 aliphatic carbocycles. The van der Waals surface area contributed by atoms with Crippen molar-refractivity contribution in [1.82, 2.24) is 10.2 Å². The van der Waals surface area contributed by atoms with Crippen molar-refractivity contribution in [2.75, 3.05) is 62.2 Å². The Balaban J connectivity index is 1.46. The molecule has 0 unspecified atom stereocenters. The van der Waals surface area contributed by atoms with Gasteiger partial charge in [-0.2, -0.15) is 0 Å². The topological polar surface area (TPSA) is 38.8 Å². The molecule has 2 saturated heterocycles. The second kappa shape index (κ2) is 6.49. The van der Waals surface area contributed by atoms with Crippen molar-refractivity contribution in [2.24, 2.45) is 0 Å². The van der Waals surface area contributed by atoms with Crippen molar-refractivity contribution >= 4 is 17.3 Å². The van der Waals surface area contributed by atoms with Crippen molar-refractivity contribution in [1.29, 1.82) is 0 Å². The van der Waals surface area contributed by atoms with Crippen molar-refractivity contribution in [3.63, 3.8) is 0 Å². The highest BCUT2D eigenvalue weighted by molar-refractivity contribution is 6.01. The molecule has 0 atom stereocenters. The van der Waals surface area contributed by atoms with E-state index >= 15 is 0 Å². The first kappa shape index (κ1) is 15.0. The minimum Gasteiger partial charge on any atom is -0.369 e. The van der Waals surface area contributed by atoms with Gasteiger partial charge in [-0.1, -0.05) is 0 Å². The van der Waals surface area contributed by atoms with E-state index in [1.54, 1.807) is 0 Å². The fourth-order valence-corrected chi connectivity index (χ4v) is 3.98. The van der Waals surface area contributed by atoms with E-state index in [0.29, 0.717) is 6.42 Å². The number of fused-ring (bicyclic) bond motifs is 1. The predicted molar refractivity (Wildman–Crippen MR) is 93.3 cm³/mol. The van der Waals surface area contributed by atoms with Gasteiger partial charge in [0.15, 0.2) is 0 Å². The van der Waals surface area contributed by atoms with E-state index in [2.05, 4.69) is 33.3 Å². The monoisotopic (exact) mass is 314 g/mol. The predicted octanol–water partition coefficient (Wildman–Crippen LogP) is 1.08. The summed E-state index contributed by atoms with van der Waals surface area (Å²) in [4.78, 5) is 19.3. The van der Waals surface area contributed by atoms with E-state index in [1.807, 2.05) is 4.90 Å². The summed E-state index contributed by atoms with van der Waals surface area (Å²) in [6.07, 6.45) is 3.17. The average Bonchev–Trinajstić information content (AvgIpc) is 3.20. The zero-order chi connectivity index (χ0) is 15.6. The molecule has 0 aromatic heterocycles. The molecular weight excluding hydrogens is 288 g/mol. The van der Waals surface area contributed by atoms with Crippen molar-refractivity contribution in [3.8, 4) is 0 Å². The Morgan fingerprint density at radius 3 is 2.57 bits per heavy atom. The first-order chi connectivity index (χ1) is 11.3. The highest BCUT2D eigenvalue weighted by Gasteiger charge is 2.28. The maximum atomic E-state index is 12.4. The number of hydrogen-bond donors (Lipinski definition) is 1. The smallest absolute Gasteiger partial charge is 0.231 e. The number of nitrogens with one attached hydrogen (secondary N) is 1. The summed E-state index contributed by atoms with van der Waals surface area (Å²) in [5, 5.41) is 3.39. The maximum absolute atomic E-state index is 12.4. The van der Waals surface area contributed by atoms with Gasteiger partial charge in [0.25, 0.3) is 0 Å².